The number of sulfonamides is 1. The monoisotopic (exact) mass is 488 g/mol. The van der Waals surface area contributed by atoms with E-state index in [1.54, 1.807) is 23.1 Å². The van der Waals surface area contributed by atoms with Gasteiger partial charge in [0, 0.05) is 40.3 Å². The molecule has 0 unspecified atom stereocenters. The number of halogens is 3. The standard InChI is InChI=1S/C21H23Cl3N2O3S/c22-16-8-10-17(11-9-16)30(28,29)26(14-18-19(23)6-5-7-20(18)24)15-21(27)25-12-3-1-2-4-13-25/h5-11H,1-4,12-15H2. The maximum absolute atomic E-state index is 13.4. The Bertz CT molecular complexity index is 969. The zero-order chi connectivity index (χ0) is 21.7. The van der Waals surface area contributed by atoms with Gasteiger partial charge >= 0.3 is 0 Å². The van der Waals surface area contributed by atoms with Gasteiger partial charge < -0.3 is 4.90 Å². The van der Waals surface area contributed by atoms with Gasteiger partial charge in [0.1, 0.15) is 0 Å². The largest absolute Gasteiger partial charge is 0.342 e. The quantitative estimate of drug-likeness (QED) is 0.557. The molecule has 0 bridgehead atoms. The number of benzene rings is 2. The average Bonchev–Trinajstić information content (AvgIpc) is 3.00. The molecule has 9 heteroatoms. The molecule has 1 saturated heterocycles. The molecule has 0 spiro atoms. The van der Waals surface area contributed by atoms with Gasteiger partial charge in [0.05, 0.1) is 11.4 Å². The van der Waals surface area contributed by atoms with E-state index in [0.29, 0.717) is 33.7 Å². The van der Waals surface area contributed by atoms with Gasteiger partial charge in [-0.1, -0.05) is 53.7 Å². The van der Waals surface area contributed by atoms with Crippen molar-refractivity contribution in [3.8, 4) is 0 Å². The van der Waals surface area contributed by atoms with E-state index in [2.05, 4.69) is 0 Å². The molecule has 1 amide bonds. The van der Waals surface area contributed by atoms with E-state index in [1.165, 1.54) is 24.3 Å². The lowest BCUT2D eigenvalue weighted by atomic mass is 10.2. The number of carbonyl (C=O) groups is 1. The SMILES string of the molecule is O=C(CN(Cc1c(Cl)cccc1Cl)S(=O)(=O)c1ccc(Cl)cc1)N1CCCCCC1. The Labute approximate surface area is 192 Å². The molecule has 0 saturated carbocycles. The van der Waals surface area contributed by atoms with Gasteiger partial charge in [-0.2, -0.15) is 4.31 Å². The number of carbonyl (C=O) groups excluding carboxylic acids is 1. The van der Waals surface area contributed by atoms with Crippen molar-refractivity contribution in [2.24, 2.45) is 0 Å². The first-order valence-corrected chi connectivity index (χ1v) is 12.3. The molecule has 5 nitrogen and oxygen atoms in total. The molecule has 0 aromatic heterocycles. The van der Waals surface area contributed by atoms with Crippen molar-refractivity contribution in [1.29, 1.82) is 0 Å². The van der Waals surface area contributed by atoms with Gasteiger partial charge in [-0.15, -0.1) is 0 Å². The molecule has 30 heavy (non-hydrogen) atoms. The van der Waals surface area contributed by atoms with Crippen LogP contribution in [0, 0.1) is 0 Å². The molecular formula is C21H23Cl3N2O3S. The van der Waals surface area contributed by atoms with E-state index >= 15 is 0 Å². The van der Waals surface area contributed by atoms with Gasteiger partial charge in [-0.05, 0) is 49.2 Å². The van der Waals surface area contributed by atoms with Crippen LogP contribution in [0.25, 0.3) is 0 Å². The lowest BCUT2D eigenvalue weighted by molar-refractivity contribution is -0.131. The molecule has 0 N–H and O–H groups in total. The second kappa shape index (κ2) is 10.3. The molecule has 2 aromatic rings. The lowest BCUT2D eigenvalue weighted by Gasteiger charge is -2.27. The Kier molecular flexibility index (Phi) is 8.04. The summed E-state index contributed by atoms with van der Waals surface area (Å²) in [4.78, 5) is 14.8. The molecule has 2 aromatic carbocycles. The van der Waals surface area contributed by atoms with Crippen LogP contribution in [0.1, 0.15) is 31.2 Å². The van der Waals surface area contributed by atoms with E-state index in [-0.39, 0.29) is 23.9 Å². The molecular weight excluding hydrogens is 467 g/mol. The normalized spacial score (nSPS) is 15.3. The summed E-state index contributed by atoms with van der Waals surface area (Å²) >= 11 is 18.5. The van der Waals surface area contributed by atoms with Crippen LogP contribution in [-0.4, -0.2) is 43.2 Å². The fraction of sp³-hybridized carbons (Fsp3) is 0.381. The van der Waals surface area contributed by atoms with E-state index in [1.807, 2.05) is 0 Å². The molecule has 1 fully saturated rings. The number of rotatable bonds is 6. The van der Waals surface area contributed by atoms with Gasteiger partial charge in [0.15, 0.2) is 0 Å². The summed E-state index contributed by atoms with van der Waals surface area (Å²) in [5.41, 5.74) is 0.460. The van der Waals surface area contributed by atoms with Crippen molar-refractivity contribution in [2.75, 3.05) is 19.6 Å². The van der Waals surface area contributed by atoms with Crippen LogP contribution in [0.3, 0.4) is 0 Å². The van der Waals surface area contributed by atoms with Crippen LogP contribution in [0.2, 0.25) is 15.1 Å². The van der Waals surface area contributed by atoms with E-state index < -0.39 is 10.0 Å². The number of hydrogen-bond donors (Lipinski definition) is 0. The Hall–Kier alpha value is -1.31. The zero-order valence-electron chi connectivity index (χ0n) is 16.4. The highest BCUT2D eigenvalue weighted by Crippen LogP contribution is 2.28. The van der Waals surface area contributed by atoms with Crippen LogP contribution in [0.5, 0.6) is 0 Å². The maximum Gasteiger partial charge on any atom is 0.243 e. The Morgan fingerprint density at radius 3 is 2.03 bits per heavy atom. The summed E-state index contributed by atoms with van der Waals surface area (Å²) in [5, 5.41) is 1.12. The highest BCUT2D eigenvalue weighted by molar-refractivity contribution is 7.89. The van der Waals surface area contributed by atoms with Crippen LogP contribution in [0.15, 0.2) is 47.4 Å². The summed E-state index contributed by atoms with van der Waals surface area (Å²) in [6, 6.07) is 10.8. The van der Waals surface area contributed by atoms with Gasteiger partial charge in [-0.25, -0.2) is 8.42 Å². The van der Waals surface area contributed by atoms with Crippen molar-refractivity contribution in [1.82, 2.24) is 9.21 Å². The maximum atomic E-state index is 13.4. The topological polar surface area (TPSA) is 57.7 Å². The van der Waals surface area contributed by atoms with E-state index in [9.17, 15) is 13.2 Å². The molecule has 0 radical (unpaired) electrons. The van der Waals surface area contributed by atoms with Crippen LogP contribution >= 0.6 is 34.8 Å². The highest BCUT2D eigenvalue weighted by Gasteiger charge is 2.30. The predicted octanol–water partition coefficient (Wildman–Crippen LogP) is 5.24. The first-order chi connectivity index (χ1) is 14.3. The first-order valence-electron chi connectivity index (χ1n) is 9.75. The minimum atomic E-state index is -3.98. The third-order valence-corrected chi connectivity index (χ3v) is 7.88. The van der Waals surface area contributed by atoms with Crippen molar-refractivity contribution in [3.63, 3.8) is 0 Å². The number of nitrogens with zero attached hydrogens (tertiary/aromatic N) is 2. The molecule has 3 rings (SSSR count). The molecule has 0 atom stereocenters. The van der Waals surface area contributed by atoms with E-state index in [0.717, 1.165) is 30.0 Å². The number of amides is 1. The van der Waals surface area contributed by atoms with Crippen molar-refractivity contribution >= 4 is 50.7 Å². The second-order valence-electron chi connectivity index (χ2n) is 7.22. The Morgan fingerprint density at radius 1 is 0.900 bits per heavy atom. The molecule has 162 valence electrons. The zero-order valence-corrected chi connectivity index (χ0v) is 19.4. The third kappa shape index (κ3) is 5.68. The highest BCUT2D eigenvalue weighted by atomic mass is 35.5. The fourth-order valence-corrected chi connectivity index (χ4v) is 5.41. The summed E-state index contributed by atoms with van der Waals surface area (Å²) in [7, 11) is -3.98. The molecule has 1 aliphatic heterocycles. The number of likely N-dealkylation sites (tertiary alicyclic amines) is 1. The van der Waals surface area contributed by atoms with Crippen LogP contribution < -0.4 is 0 Å². The summed E-state index contributed by atoms with van der Waals surface area (Å²) < 4.78 is 27.9. The minimum absolute atomic E-state index is 0.0544. The number of hydrogen-bond acceptors (Lipinski definition) is 3. The summed E-state index contributed by atoms with van der Waals surface area (Å²) in [6.07, 6.45) is 4.00. The first kappa shape index (κ1) is 23.4. The van der Waals surface area contributed by atoms with Crippen LogP contribution in [-0.2, 0) is 21.4 Å². The lowest BCUT2D eigenvalue weighted by Crippen LogP contribution is -2.43. The smallest absolute Gasteiger partial charge is 0.243 e. The van der Waals surface area contributed by atoms with Gasteiger partial charge in [0.2, 0.25) is 15.9 Å². The average molecular weight is 490 g/mol. The fourth-order valence-electron chi connectivity index (χ4n) is 3.41. The van der Waals surface area contributed by atoms with Crippen molar-refractivity contribution < 1.29 is 13.2 Å². The Morgan fingerprint density at radius 2 is 1.47 bits per heavy atom. The van der Waals surface area contributed by atoms with Gasteiger partial charge in [0.25, 0.3) is 0 Å². The molecule has 1 aliphatic rings. The van der Waals surface area contributed by atoms with Crippen molar-refractivity contribution in [2.45, 2.75) is 37.1 Å². The van der Waals surface area contributed by atoms with Crippen molar-refractivity contribution in [3.05, 3.63) is 63.1 Å². The predicted molar refractivity (Wildman–Crippen MR) is 121 cm³/mol. The molecule has 0 aliphatic carbocycles. The Balaban J connectivity index is 1.93. The van der Waals surface area contributed by atoms with E-state index in [4.69, 9.17) is 34.8 Å². The molecule has 1 heterocycles. The third-order valence-electron chi connectivity index (χ3n) is 5.12. The minimum Gasteiger partial charge on any atom is -0.342 e. The summed E-state index contributed by atoms with van der Waals surface area (Å²) in [6.45, 7) is 0.886. The second-order valence-corrected chi connectivity index (χ2v) is 10.4. The van der Waals surface area contributed by atoms with Crippen LogP contribution in [0.4, 0.5) is 0 Å². The van der Waals surface area contributed by atoms with Gasteiger partial charge in [-0.3, -0.25) is 4.79 Å². The summed E-state index contributed by atoms with van der Waals surface area (Å²) in [5.74, 6) is -0.224.